The predicted molar refractivity (Wildman–Crippen MR) is 125 cm³/mol. The highest BCUT2D eigenvalue weighted by Crippen LogP contribution is 2.41. The number of amides is 1. The first-order valence-electron chi connectivity index (χ1n) is 10.7. The van der Waals surface area contributed by atoms with Crippen molar-refractivity contribution in [2.75, 3.05) is 0 Å². The summed E-state index contributed by atoms with van der Waals surface area (Å²) in [7, 11) is 0. The molecule has 1 aliphatic rings. The Labute approximate surface area is 200 Å². The highest BCUT2D eigenvalue weighted by atomic mass is 35.5. The molecule has 0 unspecified atom stereocenters. The molecule has 10 heteroatoms. The van der Waals surface area contributed by atoms with E-state index in [2.05, 4.69) is 21.0 Å². The van der Waals surface area contributed by atoms with E-state index in [9.17, 15) is 10.1 Å². The van der Waals surface area contributed by atoms with Crippen molar-refractivity contribution in [3.8, 4) is 23.3 Å². The normalized spacial score (nSPS) is 14.0. The van der Waals surface area contributed by atoms with Gasteiger partial charge in [0.2, 0.25) is 11.8 Å². The lowest BCUT2D eigenvalue weighted by molar-refractivity contribution is -0.117. The summed E-state index contributed by atoms with van der Waals surface area (Å²) >= 11 is 6.63. The molecule has 4 aromatic rings. The lowest BCUT2D eigenvalue weighted by Gasteiger charge is -2.12. The van der Waals surface area contributed by atoms with Crippen molar-refractivity contribution in [3.05, 3.63) is 64.7 Å². The Kier molecular flexibility index (Phi) is 5.38. The monoisotopic (exact) mass is 473 g/mol. The second kappa shape index (κ2) is 8.39. The van der Waals surface area contributed by atoms with Gasteiger partial charge in [0, 0.05) is 11.8 Å². The van der Waals surface area contributed by atoms with Gasteiger partial charge in [-0.3, -0.25) is 4.79 Å². The topological polar surface area (TPSA) is 133 Å². The Hall–Kier alpha value is -4.03. The van der Waals surface area contributed by atoms with Crippen LogP contribution in [0.5, 0.6) is 5.88 Å². The fourth-order valence-electron chi connectivity index (χ4n) is 3.72. The van der Waals surface area contributed by atoms with Crippen LogP contribution in [0.4, 0.5) is 0 Å². The summed E-state index contributed by atoms with van der Waals surface area (Å²) in [6.07, 6.45) is 5.04. The van der Waals surface area contributed by atoms with Crippen LogP contribution in [0.25, 0.3) is 22.6 Å². The molecule has 0 spiro atoms. The van der Waals surface area contributed by atoms with E-state index in [0.717, 1.165) is 18.4 Å². The minimum absolute atomic E-state index is 0.0897. The smallest absolute Gasteiger partial charge is 0.245 e. The van der Waals surface area contributed by atoms with Crippen molar-refractivity contribution in [1.82, 2.24) is 24.5 Å². The molecule has 34 heavy (non-hydrogen) atoms. The Morgan fingerprint density at radius 1 is 1.24 bits per heavy atom. The maximum Gasteiger partial charge on any atom is 0.245 e. The van der Waals surface area contributed by atoms with Gasteiger partial charge >= 0.3 is 0 Å². The third-order valence-electron chi connectivity index (χ3n) is 5.73. The fraction of sp³-hybridized carbons (Fsp3) is 0.250. The molecule has 0 atom stereocenters. The molecule has 1 aliphatic carbocycles. The summed E-state index contributed by atoms with van der Waals surface area (Å²) in [5.41, 5.74) is 8.72. The number of fused-ring (bicyclic) bond motifs is 1. The summed E-state index contributed by atoms with van der Waals surface area (Å²) in [4.78, 5) is 29.0. The molecule has 5 rings (SSSR count). The second-order valence-electron chi connectivity index (χ2n) is 8.54. The number of halogens is 1. The molecule has 3 heterocycles. The van der Waals surface area contributed by atoms with E-state index in [1.54, 1.807) is 24.4 Å². The maximum atomic E-state index is 11.3. The van der Waals surface area contributed by atoms with Crippen molar-refractivity contribution in [3.63, 3.8) is 0 Å². The summed E-state index contributed by atoms with van der Waals surface area (Å²) in [5, 5.41) is 9.67. The van der Waals surface area contributed by atoms with Gasteiger partial charge in [0.05, 0.1) is 18.0 Å². The Morgan fingerprint density at radius 3 is 2.76 bits per heavy atom. The first kappa shape index (κ1) is 21.8. The molecule has 2 N–H and O–H groups in total. The van der Waals surface area contributed by atoms with Gasteiger partial charge in [0.1, 0.15) is 29.5 Å². The molecular weight excluding hydrogens is 454 g/mol. The molecular formula is C24H20ClN7O2. The Bertz CT molecular complexity index is 1470. The van der Waals surface area contributed by atoms with Crippen LogP contribution >= 0.6 is 11.6 Å². The van der Waals surface area contributed by atoms with E-state index in [1.807, 2.05) is 23.6 Å². The van der Waals surface area contributed by atoms with E-state index in [-0.39, 0.29) is 12.0 Å². The molecule has 9 nitrogen and oxygen atoms in total. The molecule has 0 saturated heterocycles. The van der Waals surface area contributed by atoms with E-state index in [1.165, 1.54) is 6.33 Å². The molecule has 1 aromatic carbocycles. The van der Waals surface area contributed by atoms with Crippen molar-refractivity contribution >= 4 is 28.7 Å². The number of nitrogens with two attached hydrogens (primary N) is 1. The van der Waals surface area contributed by atoms with Crippen molar-refractivity contribution < 1.29 is 9.53 Å². The zero-order chi connectivity index (χ0) is 23.9. The van der Waals surface area contributed by atoms with Crippen molar-refractivity contribution in [2.24, 2.45) is 5.73 Å². The standard InChI is InChI=1S/C24H20ClN7O2/c1-24(5-6-24)34-23-20-22(29-13-30-23)32(12-15-4-7-28-16(8-15)11-26)21(31-20)17-3-2-14(9-18(17)25)10-19(27)33/h2-4,7-9,13H,5-6,10,12H2,1H3,(H2,27,33). The minimum atomic E-state index is -0.437. The van der Waals surface area contributed by atoms with E-state index in [4.69, 9.17) is 27.1 Å². The van der Waals surface area contributed by atoms with Crippen LogP contribution in [0.1, 0.15) is 36.6 Å². The van der Waals surface area contributed by atoms with Crippen LogP contribution < -0.4 is 10.5 Å². The number of carbonyl (C=O) groups excluding carboxylic acids is 1. The molecule has 1 saturated carbocycles. The van der Waals surface area contributed by atoms with Gasteiger partial charge < -0.3 is 15.0 Å². The van der Waals surface area contributed by atoms with Gasteiger partial charge in [-0.1, -0.05) is 17.7 Å². The number of carbonyl (C=O) groups is 1. The first-order valence-corrected chi connectivity index (χ1v) is 11.1. The molecule has 0 aliphatic heterocycles. The average molecular weight is 474 g/mol. The summed E-state index contributed by atoms with van der Waals surface area (Å²) in [6, 6.07) is 10.9. The maximum absolute atomic E-state index is 11.3. The fourth-order valence-corrected chi connectivity index (χ4v) is 4.01. The van der Waals surface area contributed by atoms with Gasteiger partial charge in [-0.2, -0.15) is 10.2 Å². The Balaban J connectivity index is 1.66. The molecule has 1 fully saturated rings. The van der Waals surface area contributed by atoms with Gasteiger partial charge in [-0.15, -0.1) is 0 Å². The van der Waals surface area contributed by atoms with Crippen molar-refractivity contribution in [2.45, 2.75) is 38.3 Å². The summed E-state index contributed by atoms with van der Waals surface area (Å²) in [5.74, 6) is 0.541. The number of benzene rings is 1. The number of hydrogen-bond acceptors (Lipinski definition) is 7. The largest absolute Gasteiger partial charge is 0.470 e. The first-order chi connectivity index (χ1) is 16.3. The SMILES string of the molecule is CC1(Oc2ncnc3c2nc(-c2ccc(CC(N)=O)cc2Cl)n3Cc2ccnc(C#N)c2)CC1. The third-order valence-corrected chi connectivity index (χ3v) is 6.04. The zero-order valence-electron chi connectivity index (χ0n) is 18.3. The molecule has 3 aromatic heterocycles. The highest BCUT2D eigenvalue weighted by Gasteiger charge is 2.41. The molecule has 0 bridgehead atoms. The number of nitriles is 1. The van der Waals surface area contributed by atoms with Crippen molar-refractivity contribution in [1.29, 1.82) is 5.26 Å². The van der Waals surface area contributed by atoms with Crippen LogP contribution in [-0.4, -0.2) is 36.0 Å². The number of nitrogens with zero attached hydrogens (tertiary/aromatic N) is 6. The highest BCUT2D eigenvalue weighted by molar-refractivity contribution is 6.33. The number of imidazole rings is 1. The number of primary amides is 1. The third kappa shape index (κ3) is 4.28. The minimum Gasteiger partial charge on any atom is -0.470 e. The van der Waals surface area contributed by atoms with Gasteiger partial charge in [-0.05, 0) is 55.2 Å². The number of aromatic nitrogens is 5. The van der Waals surface area contributed by atoms with Crippen LogP contribution in [0.3, 0.4) is 0 Å². The van der Waals surface area contributed by atoms with E-state index >= 15 is 0 Å². The van der Waals surface area contributed by atoms with Crippen LogP contribution in [0.2, 0.25) is 5.02 Å². The quantitative estimate of drug-likeness (QED) is 0.434. The van der Waals surface area contributed by atoms with Crippen LogP contribution in [-0.2, 0) is 17.8 Å². The summed E-state index contributed by atoms with van der Waals surface area (Å²) in [6.45, 7) is 2.41. The average Bonchev–Trinajstić information content (AvgIpc) is 3.42. The van der Waals surface area contributed by atoms with Crippen LogP contribution in [0.15, 0.2) is 42.9 Å². The lowest BCUT2D eigenvalue weighted by atomic mass is 10.1. The zero-order valence-corrected chi connectivity index (χ0v) is 19.1. The number of hydrogen-bond donors (Lipinski definition) is 1. The van der Waals surface area contributed by atoms with E-state index in [0.29, 0.717) is 51.3 Å². The molecule has 170 valence electrons. The predicted octanol–water partition coefficient (Wildman–Crippen LogP) is 3.42. The summed E-state index contributed by atoms with van der Waals surface area (Å²) < 4.78 is 8.05. The van der Waals surface area contributed by atoms with Crippen LogP contribution in [0, 0.1) is 11.3 Å². The molecule has 0 radical (unpaired) electrons. The second-order valence-corrected chi connectivity index (χ2v) is 8.95. The van der Waals surface area contributed by atoms with Gasteiger partial charge in [-0.25, -0.2) is 15.0 Å². The molecule has 1 amide bonds. The van der Waals surface area contributed by atoms with Gasteiger partial charge in [0.25, 0.3) is 0 Å². The number of pyridine rings is 1. The van der Waals surface area contributed by atoms with E-state index < -0.39 is 5.91 Å². The lowest BCUT2D eigenvalue weighted by Crippen LogP contribution is -2.13. The number of ether oxygens (including phenoxy) is 1. The Morgan fingerprint density at radius 2 is 2.06 bits per heavy atom. The van der Waals surface area contributed by atoms with Gasteiger partial charge in [0.15, 0.2) is 11.2 Å². The number of rotatable bonds is 7.